The zero-order chi connectivity index (χ0) is 26.1. The van der Waals surface area contributed by atoms with E-state index in [1.165, 1.54) is 24.1 Å². The zero-order valence-corrected chi connectivity index (χ0v) is 22.6. The average Bonchev–Trinajstić information content (AvgIpc) is 3.84. The molecule has 1 aromatic carbocycles. The standard InChI is InChI=1S/C30H39N5O2/c1-5-21-8-7-9-22(6-2)28(21)35(19-37)30-26(16-25(23-10-11-23)27(32-30)24-12-13-24)29(31-4)34-15-14-33(18-36)17-20(34)3/h7-9,16,18-20,23-24H,5-6,10-15,17H2,1-4H3/b31-29+. The largest absolute Gasteiger partial charge is 0.350 e. The molecule has 196 valence electrons. The Morgan fingerprint density at radius 1 is 1.08 bits per heavy atom. The number of nitrogens with zero attached hydrogens (tertiary/aromatic N) is 5. The Morgan fingerprint density at radius 3 is 2.27 bits per heavy atom. The molecule has 7 heteroatoms. The quantitative estimate of drug-likeness (QED) is 0.281. The van der Waals surface area contributed by atoms with Gasteiger partial charge in [0.25, 0.3) is 0 Å². The Hall–Kier alpha value is -3.22. The molecule has 1 atom stereocenters. The van der Waals surface area contributed by atoms with Crippen LogP contribution in [0, 0.1) is 0 Å². The molecule has 1 aromatic heterocycles. The van der Waals surface area contributed by atoms with Crippen LogP contribution in [0.4, 0.5) is 11.5 Å². The molecule has 1 saturated heterocycles. The highest BCUT2D eigenvalue weighted by atomic mass is 16.1. The van der Waals surface area contributed by atoms with E-state index in [0.29, 0.717) is 37.3 Å². The van der Waals surface area contributed by atoms with Crippen molar-refractivity contribution in [3.8, 4) is 0 Å². The van der Waals surface area contributed by atoms with E-state index in [2.05, 4.69) is 49.9 Å². The highest BCUT2D eigenvalue weighted by molar-refractivity contribution is 6.06. The Bertz CT molecular complexity index is 1180. The second-order valence-corrected chi connectivity index (χ2v) is 10.7. The van der Waals surface area contributed by atoms with E-state index < -0.39 is 0 Å². The summed E-state index contributed by atoms with van der Waals surface area (Å²) >= 11 is 0. The van der Waals surface area contributed by atoms with Gasteiger partial charge in [-0.15, -0.1) is 0 Å². The molecule has 3 aliphatic rings. The number of benzene rings is 1. The SMILES string of the molecule is CCc1cccc(CC)c1N(C=O)c1nc(C2CC2)c(C2CC2)cc1/C(=N\C)N1CCN(C=O)CC1C. The number of rotatable bonds is 9. The monoisotopic (exact) mass is 501 g/mol. The highest BCUT2D eigenvalue weighted by Crippen LogP contribution is 2.50. The number of anilines is 2. The molecule has 2 amide bonds. The third kappa shape index (κ3) is 4.88. The maximum absolute atomic E-state index is 12.9. The summed E-state index contributed by atoms with van der Waals surface area (Å²) < 4.78 is 0. The van der Waals surface area contributed by atoms with E-state index in [4.69, 9.17) is 9.98 Å². The Morgan fingerprint density at radius 2 is 1.76 bits per heavy atom. The Labute approximate surface area is 220 Å². The molecule has 1 unspecified atom stereocenters. The second kappa shape index (κ2) is 10.6. The van der Waals surface area contributed by atoms with Crippen molar-refractivity contribution >= 4 is 30.2 Å². The summed E-state index contributed by atoms with van der Waals surface area (Å²) in [6.07, 6.45) is 8.26. The Balaban J connectivity index is 1.69. The van der Waals surface area contributed by atoms with Crippen LogP contribution >= 0.6 is 0 Å². The van der Waals surface area contributed by atoms with Crippen LogP contribution in [0.2, 0.25) is 0 Å². The van der Waals surface area contributed by atoms with Gasteiger partial charge in [-0.25, -0.2) is 4.98 Å². The molecule has 0 spiro atoms. The summed E-state index contributed by atoms with van der Waals surface area (Å²) in [4.78, 5) is 40.4. The lowest BCUT2D eigenvalue weighted by Gasteiger charge is -2.40. The number of hydrogen-bond donors (Lipinski definition) is 0. The van der Waals surface area contributed by atoms with Crippen LogP contribution < -0.4 is 4.90 Å². The molecule has 37 heavy (non-hydrogen) atoms. The number of pyridine rings is 1. The minimum Gasteiger partial charge on any atom is -0.350 e. The van der Waals surface area contributed by atoms with Crippen LogP contribution in [0.25, 0.3) is 0 Å². The van der Waals surface area contributed by atoms with Gasteiger partial charge in [-0.1, -0.05) is 32.0 Å². The summed E-state index contributed by atoms with van der Waals surface area (Å²) in [5.74, 6) is 2.57. The lowest BCUT2D eigenvalue weighted by molar-refractivity contribution is -0.120. The fourth-order valence-electron chi connectivity index (χ4n) is 5.82. The predicted octanol–water partition coefficient (Wildman–Crippen LogP) is 4.79. The number of amidine groups is 1. The van der Waals surface area contributed by atoms with Crippen LogP contribution in [0.15, 0.2) is 29.3 Å². The van der Waals surface area contributed by atoms with Crippen LogP contribution in [-0.2, 0) is 22.4 Å². The topological polar surface area (TPSA) is 69.1 Å². The van der Waals surface area contributed by atoms with Gasteiger partial charge in [0.1, 0.15) is 5.84 Å². The first kappa shape index (κ1) is 25.4. The van der Waals surface area contributed by atoms with Gasteiger partial charge in [0.2, 0.25) is 12.8 Å². The minimum atomic E-state index is 0.108. The lowest BCUT2D eigenvalue weighted by Crippen LogP contribution is -2.54. The molecule has 0 N–H and O–H groups in total. The number of piperazine rings is 1. The van der Waals surface area contributed by atoms with Gasteiger partial charge in [-0.05, 0) is 74.1 Å². The maximum Gasteiger partial charge on any atom is 0.219 e. The number of carbonyl (C=O) groups excluding carboxylic acids is 2. The van der Waals surface area contributed by atoms with Crippen molar-refractivity contribution in [2.45, 2.75) is 77.2 Å². The molecular formula is C30H39N5O2. The second-order valence-electron chi connectivity index (χ2n) is 10.7. The fraction of sp³-hybridized carbons (Fsp3) is 0.533. The number of carbonyl (C=O) groups is 2. The van der Waals surface area contributed by atoms with E-state index in [1.54, 1.807) is 4.90 Å². The summed E-state index contributed by atoms with van der Waals surface area (Å²) in [6, 6.07) is 8.71. The molecule has 2 aromatic rings. The van der Waals surface area contributed by atoms with Crippen LogP contribution in [-0.4, -0.2) is 66.2 Å². The van der Waals surface area contributed by atoms with Gasteiger partial charge in [0, 0.05) is 44.3 Å². The van der Waals surface area contributed by atoms with Gasteiger partial charge in [0.15, 0.2) is 5.82 Å². The van der Waals surface area contributed by atoms with Crippen molar-refractivity contribution in [1.82, 2.24) is 14.8 Å². The summed E-state index contributed by atoms with van der Waals surface area (Å²) in [5.41, 5.74) is 6.66. The summed E-state index contributed by atoms with van der Waals surface area (Å²) in [7, 11) is 1.83. The first-order valence-electron chi connectivity index (χ1n) is 13.9. The lowest BCUT2D eigenvalue weighted by atomic mass is 9.98. The van der Waals surface area contributed by atoms with Crippen molar-refractivity contribution in [3.05, 3.63) is 52.2 Å². The maximum atomic E-state index is 12.9. The first-order valence-corrected chi connectivity index (χ1v) is 13.9. The van der Waals surface area contributed by atoms with Crippen molar-refractivity contribution < 1.29 is 9.59 Å². The molecule has 2 heterocycles. The molecule has 7 nitrogen and oxygen atoms in total. The number of amides is 2. The van der Waals surface area contributed by atoms with E-state index in [1.807, 2.05) is 11.9 Å². The number of aromatic nitrogens is 1. The minimum absolute atomic E-state index is 0.108. The predicted molar refractivity (Wildman–Crippen MR) is 148 cm³/mol. The van der Waals surface area contributed by atoms with E-state index in [0.717, 1.165) is 66.7 Å². The van der Waals surface area contributed by atoms with Gasteiger partial charge in [0.05, 0.1) is 11.3 Å². The molecule has 3 fully saturated rings. The van der Waals surface area contributed by atoms with Gasteiger partial charge in [-0.2, -0.15) is 0 Å². The summed E-state index contributed by atoms with van der Waals surface area (Å²) in [6.45, 7) is 8.40. The highest BCUT2D eigenvalue weighted by Gasteiger charge is 2.38. The fourth-order valence-corrected chi connectivity index (χ4v) is 5.82. The van der Waals surface area contributed by atoms with Crippen LogP contribution in [0.5, 0.6) is 0 Å². The normalized spacial score (nSPS) is 20.2. The zero-order valence-electron chi connectivity index (χ0n) is 22.6. The van der Waals surface area contributed by atoms with E-state index >= 15 is 0 Å². The third-order valence-corrected chi connectivity index (χ3v) is 8.12. The first-order chi connectivity index (χ1) is 18.0. The van der Waals surface area contributed by atoms with Gasteiger partial charge < -0.3 is 9.80 Å². The molecular weight excluding hydrogens is 462 g/mol. The van der Waals surface area contributed by atoms with E-state index in [9.17, 15) is 9.59 Å². The molecule has 5 rings (SSSR count). The Kier molecular flexibility index (Phi) is 7.31. The van der Waals surface area contributed by atoms with Crippen molar-refractivity contribution in [3.63, 3.8) is 0 Å². The smallest absolute Gasteiger partial charge is 0.219 e. The van der Waals surface area contributed by atoms with Crippen molar-refractivity contribution in [2.75, 3.05) is 31.6 Å². The number of aliphatic imine (C=N–C) groups is 1. The number of hydrogen-bond acceptors (Lipinski definition) is 4. The van der Waals surface area contributed by atoms with Crippen LogP contribution in [0.1, 0.15) is 86.2 Å². The van der Waals surface area contributed by atoms with Crippen molar-refractivity contribution in [2.24, 2.45) is 4.99 Å². The summed E-state index contributed by atoms with van der Waals surface area (Å²) in [5, 5.41) is 0. The number of para-hydroxylation sites is 1. The molecule has 2 aliphatic carbocycles. The third-order valence-electron chi connectivity index (χ3n) is 8.12. The van der Waals surface area contributed by atoms with Crippen molar-refractivity contribution in [1.29, 1.82) is 0 Å². The van der Waals surface area contributed by atoms with Gasteiger partial charge >= 0.3 is 0 Å². The molecule has 2 saturated carbocycles. The molecule has 0 bridgehead atoms. The molecule has 0 radical (unpaired) electrons. The average molecular weight is 502 g/mol. The van der Waals surface area contributed by atoms with Gasteiger partial charge in [-0.3, -0.25) is 19.5 Å². The molecule has 1 aliphatic heterocycles. The van der Waals surface area contributed by atoms with Crippen LogP contribution in [0.3, 0.4) is 0 Å². The van der Waals surface area contributed by atoms with E-state index in [-0.39, 0.29) is 6.04 Å². The number of aryl methyl sites for hydroxylation is 2.